The summed E-state index contributed by atoms with van der Waals surface area (Å²) in [5, 5.41) is 6.02. The minimum atomic E-state index is -0.0614. The van der Waals surface area contributed by atoms with Crippen LogP contribution in [0.1, 0.15) is 12.5 Å². The van der Waals surface area contributed by atoms with E-state index in [0.29, 0.717) is 11.4 Å². The molecule has 1 amide bonds. The van der Waals surface area contributed by atoms with Gasteiger partial charge in [-0.25, -0.2) is 0 Å². The zero-order valence-corrected chi connectivity index (χ0v) is 11.0. The third kappa shape index (κ3) is 2.54. The molecule has 0 bridgehead atoms. The first kappa shape index (κ1) is 12.6. The van der Waals surface area contributed by atoms with Gasteiger partial charge in [0.1, 0.15) is 5.75 Å². The van der Waals surface area contributed by atoms with Gasteiger partial charge in [-0.2, -0.15) is 0 Å². The molecule has 96 valence electrons. The number of methoxy groups -OCH3 is 1. The summed E-state index contributed by atoms with van der Waals surface area (Å²) in [5.41, 5.74) is 3.76. The lowest BCUT2D eigenvalue weighted by Crippen LogP contribution is -2.36. The van der Waals surface area contributed by atoms with Crippen LogP contribution in [0.4, 0.5) is 5.69 Å². The van der Waals surface area contributed by atoms with Crippen LogP contribution in [0.3, 0.4) is 0 Å². The van der Waals surface area contributed by atoms with Crippen molar-refractivity contribution in [2.45, 2.75) is 13.8 Å². The Morgan fingerprint density at radius 2 is 2.11 bits per heavy atom. The number of ether oxygens (including phenoxy) is 1. The average molecular weight is 246 g/mol. The molecule has 18 heavy (non-hydrogen) atoms. The Hall–Kier alpha value is -1.81. The summed E-state index contributed by atoms with van der Waals surface area (Å²) in [5.74, 6) is 0.626. The van der Waals surface area contributed by atoms with Crippen LogP contribution >= 0.6 is 0 Å². The number of anilines is 1. The van der Waals surface area contributed by atoms with Crippen LogP contribution in [0.5, 0.6) is 5.75 Å². The number of hydrogen-bond donors (Lipinski definition) is 2. The lowest BCUT2D eigenvalue weighted by molar-refractivity contribution is -0.112. The maximum absolute atomic E-state index is 12.0. The van der Waals surface area contributed by atoms with Gasteiger partial charge >= 0.3 is 0 Å². The normalized spacial score (nSPS) is 13.8. The summed E-state index contributed by atoms with van der Waals surface area (Å²) in [7, 11) is 1.60. The highest BCUT2D eigenvalue weighted by Gasteiger charge is 2.17. The van der Waals surface area contributed by atoms with E-state index in [1.807, 2.05) is 32.0 Å². The van der Waals surface area contributed by atoms with Gasteiger partial charge in [0.25, 0.3) is 5.91 Å². The van der Waals surface area contributed by atoms with Crippen molar-refractivity contribution in [3.63, 3.8) is 0 Å². The molecule has 0 radical (unpaired) electrons. The molecule has 0 aromatic heterocycles. The molecule has 0 atom stereocenters. The van der Waals surface area contributed by atoms with Gasteiger partial charge < -0.3 is 15.4 Å². The molecule has 1 aliphatic rings. The van der Waals surface area contributed by atoms with Crippen molar-refractivity contribution in [1.82, 2.24) is 5.32 Å². The fraction of sp³-hybridized carbons (Fsp3) is 0.357. The largest absolute Gasteiger partial charge is 0.495 e. The summed E-state index contributed by atoms with van der Waals surface area (Å²) in [4.78, 5) is 12.0. The molecule has 1 heterocycles. The number of carbonyl (C=O) groups excluding carboxylic acids is 1. The van der Waals surface area contributed by atoms with Crippen LogP contribution in [0.15, 0.2) is 29.3 Å². The molecule has 1 fully saturated rings. The summed E-state index contributed by atoms with van der Waals surface area (Å²) < 4.78 is 5.26. The van der Waals surface area contributed by atoms with Crippen LogP contribution in [-0.2, 0) is 4.79 Å². The Kier molecular flexibility index (Phi) is 3.67. The molecule has 0 spiro atoms. The Morgan fingerprint density at radius 1 is 1.39 bits per heavy atom. The minimum absolute atomic E-state index is 0.0614. The third-order valence-corrected chi connectivity index (χ3v) is 3.15. The second-order valence-electron chi connectivity index (χ2n) is 4.49. The number of benzene rings is 1. The number of rotatable bonds is 3. The van der Waals surface area contributed by atoms with E-state index >= 15 is 0 Å². The van der Waals surface area contributed by atoms with Gasteiger partial charge in [0.15, 0.2) is 0 Å². The average Bonchev–Trinajstić information content (AvgIpc) is 2.29. The summed E-state index contributed by atoms with van der Waals surface area (Å²) in [6.07, 6.45) is 0. The zero-order chi connectivity index (χ0) is 13.1. The van der Waals surface area contributed by atoms with Crippen molar-refractivity contribution >= 4 is 11.6 Å². The first-order valence-electron chi connectivity index (χ1n) is 5.97. The van der Waals surface area contributed by atoms with E-state index in [2.05, 4.69) is 10.6 Å². The predicted molar refractivity (Wildman–Crippen MR) is 71.9 cm³/mol. The van der Waals surface area contributed by atoms with Crippen molar-refractivity contribution in [1.29, 1.82) is 0 Å². The topological polar surface area (TPSA) is 50.4 Å². The Bertz CT molecular complexity index is 501. The number of hydrogen-bond acceptors (Lipinski definition) is 3. The second kappa shape index (κ2) is 5.23. The molecule has 2 N–H and O–H groups in total. The van der Waals surface area contributed by atoms with Crippen LogP contribution < -0.4 is 15.4 Å². The first-order chi connectivity index (χ1) is 8.61. The van der Waals surface area contributed by atoms with Crippen molar-refractivity contribution < 1.29 is 9.53 Å². The Balaban J connectivity index is 2.16. The molecular formula is C14H18N2O2. The molecule has 0 aliphatic carbocycles. The van der Waals surface area contributed by atoms with E-state index in [4.69, 9.17) is 4.74 Å². The van der Waals surface area contributed by atoms with Crippen LogP contribution in [0.2, 0.25) is 0 Å². The fourth-order valence-corrected chi connectivity index (χ4v) is 1.79. The molecular weight excluding hydrogens is 228 g/mol. The number of nitrogens with one attached hydrogen (secondary N) is 2. The third-order valence-electron chi connectivity index (χ3n) is 3.15. The van der Waals surface area contributed by atoms with E-state index < -0.39 is 0 Å². The van der Waals surface area contributed by atoms with Gasteiger partial charge in [-0.15, -0.1) is 0 Å². The summed E-state index contributed by atoms with van der Waals surface area (Å²) >= 11 is 0. The van der Waals surface area contributed by atoms with Gasteiger partial charge in [-0.05, 0) is 37.1 Å². The monoisotopic (exact) mass is 246 g/mol. The van der Waals surface area contributed by atoms with Crippen molar-refractivity contribution in [2.75, 3.05) is 25.5 Å². The standard InChI is InChI=1S/C14H18N2O2/c1-9-4-5-12(13(6-9)18-3)16-14(17)10(2)11-7-15-8-11/h4-6,15H,7-8H2,1-3H3,(H,16,17). The maximum atomic E-state index is 12.0. The van der Waals surface area contributed by atoms with E-state index in [1.165, 1.54) is 5.57 Å². The molecule has 4 nitrogen and oxygen atoms in total. The molecule has 4 heteroatoms. The van der Waals surface area contributed by atoms with Crippen molar-refractivity contribution in [3.05, 3.63) is 34.9 Å². The maximum Gasteiger partial charge on any atom is 0.251 e. The lowest BCUT2D eigenvalue weighted by Gasteiger charge is -2.21. The SMILES string of the molecule is COc1cc(C)ccc1NC(=O)C(C)=C1CNC1. The molecule has 1 aromatic carbocycles. The highest BCUT2D eigenvalue weighted by atomic mass is 16.5. The second-order valence-corrected chi connectivity index (χ2v) is 4.49. The molecule has 2 rings (SSSR count). The molecule has 1 aromatic rings. The van der Waals surface area contributed by atoms with Gasteiger partial charge in [-0.1, -0.05) is 6.07 Å². The summed E-state index contributed by atoms with van der Waals surface area (Å²) in [6, 6.07) is 5.72. The Labute approximate surface area is 107 Å². The molecule has 1 saturated heterocycles. The zero-order valence-electron chi connectivity index (χ0n) is 11.0. The highest BCUT2D eigenvalue weighted by molar-refractivity contribution is 6.04. The Morgan fingerprint density at radius 3 is 2.67 bits per heavy atom. The molecule has 0 saturated carbocycles. The predicted octanol–water partition coefficient (Wildman–Crippen LogP) is 1.86. The summed E-state index contributed by atoms with van der Waals surface area (Å²) in [6.45, 7) is 5.46. The van der Waals surface area contributed by atoms with E-state index in [9.17, 15) is 4.79 Å². The van der Waals surface area contributed by atoms with Gasteiger partial charge in [0, 0.05) is 18.7 Å². The lowest BCUT2D eigenvalue weighted by atomic mass is 10.0. The molecule has 0 unspecified atom stereocenters. The van der Waals surface area contributed by atoms with Gasteiger partial charge in [-0.3, -0.25) is 4.79 Å². The number of aryl methyl sites for hydroxylation is 1. The van der Waals surface area contributed by atoms with Crippen LogP contribution in [0.25, 0.3) is 0 Å². The van der Waals surface area contributed by atoms with Crippen molar-refractivity contribution in [3.8, 4) is 5.75 Å². The van der Waals surface area contributed by atoms with Crippen molar-refractivity contribution in [2.24, 2.45) is 0 Å². The van der Waals surface area contributed by atoms with Crippen LogP contribution in [0, 0.1) is 6.92 Å². The fourth-order valence-electron chi connectivity index (χ4n) is 1.79. The minimum Gasteiger partial charge on any atom is -0.495 e. The molecule has 1 aliphatic heterocycles. The number of amides is 1. The van der Waals surface area contributed by atoms with Crippen LogP contribution in [-0.4, -0.2) is 26.1 Å². The van der Waals surface area contributed by atoms with E-state index in [-0.39, 0.29) is 5.91 Å². The smallest absolute Gasteiger partial charge is 0.251 e. The number of carbonyl (C=O) groups is 1. The quantitative estimate of drug-likeness (QED) is 0.800. The highest BCUT2D eigenvalue weighted by Crippen LogP contribution is 2.26. The first-order valence-corrected chi connectivity index (χ1v) is 5.97. The van der Waals surface area contributed by atoms with E-state index in [1.54, 1.807) is 7.11 Å². The van der Waals surface area contributed by atoms with E-state index in [0.717, 1.165) is 24.2 Å². The van der Waals surface area contributed by atoms with Gasteiger partial charge in [0.2, 0.25) is 0 Å². The van der Waals surface area contributed by atoms with Gasteiger partial charge in [0.05, 0.1) is 12.8 Å².